The molecule has 0 amide bonds. The zero-order valence-corrected chi connectivity index (χ0v) is 11.8. The van der Waals surface area contributed by atoms with Crippen molar-refractivity contribution in [2.45, 2.75) is 37.0 Å². The molecular weight excluding hydrogens is 350 g/mol. The first-order chi connectivity index (χ1) is 9.74. The molecule has 2 rings (SSSR count). The van der Waals surface area contributed by atoms with Crippen LogP contribution in [-0.4, -0.2) is 24.1 Å². The van der Waals surface area contributed by atoms with Crippen molar-refractivity contribution in [2.75, 3.05) is 0 Å². The van der Waals surface area contributed by atoms with Crippen LogP contribution in [0.25, 0.3) is 0 Å². The third-order valence-corrected chi connectivity index (χ3v) is 4.85. The number of halogens is 9. The van der Waals surface area contributed by atoms with Gasteiger partial charge in [-0.3, -0.25) is 0 Å². The smallest absolute Gasteiger partial charge is 0.341 e. The minimum atomic E-state index is -6.29. The maximum absolute atomic E-state index is 13.5. The Morgan fingerprint density at radius 3 is 1.64 bits per heavy atom. The third kappa shape index (κ3) is 1.95. The van der Waals surface area contributed by atoms with Gasteiger partial charge in [0.25, 0.3) is 5.60 Å². The molecular formula is C11H10F9OP. The van der Waals surface area contributed by atoms with Gasteiger partial charge >= 0.3 is 18.5 Å². The van der Waals surface area contributed by atoms with E-state index in [9.17, 15) is 39.5 Å². The summed E-state index contributed by atoms with van der Waals surface area (Å²) in [6.07, 6.45) is -18.1. The maximum Gasteiger partial charge on any atom is 0.427 e. The SMILES string of the molecule is FC(F)(F)C1(C(OP)(C(F)(F)F)C(F)(F)F)CC2C=CC1C2. The summed E-state index contributed by atoms with van der Waals surface area (Å²) < 4.78 is 123. The van der Waals surface area contributed by atoms with Crippen molar-refractivity contribution in [3.05, 3.63) is 12.2 Å². The van der Waals surface area contributed by atoms with Crippen molar-refractivity contribution < 1.29 is 44.0 Å². The van der Waals surface area contributed by atoms with Crippen LogP contribution >= 0.6 is 9.47 Å². The second-order valence-electron chi connectivity index (χ2n) is 5.45. The summed E-state index contributed by atoms with van der Waals surface area (Å²) in [6.45, 7) is 0. The summed E-state index contributed by atoms with van der Waals surface area (Å²) in [7, 11) is 0.717. The fraction of sp³-hybridized carbons (Fsp3) is 0.818. The normalized spacial score (nSPS) is 32.8. The highest BCUT2D eigenvalue weighted by molar-refractivity contribution is 7.09. The van der Waals surface area contributed by atoms with E-state index >= 15 is 0 Å². The number of hydrogen-bond donors (Lipinski definition) is 0. The Bertz CT molecular complexity index is 463. The molecule has 0 N–H and O–H groups in total. The van der Waals surface area contributed by atoms with Gasteiger partial charge in [0.2, 0.25) is 0 Å². The number of fused-ring (bicyclic) bond motifs is 2. The van der Waals surface area contributed by atoms with Gasteiger partial charge in [-0.25, -0.2) is 0 Å². The summed E-state index contributed by atoms with van der Waals surface area (Å²) in [5.74, 6) is -2.93. The maximum atomic E-state index is 13.5. The van der Waals surface area contributed by atoms with Crippen LogP contribution in [0, 0.1) is 17.3 Å². The molecule has 11 heteroatoms. The molecule has 22 heavy (non-hydrogen) atoms. The van der Waals surface area contributed by atoms with Crippen LogP contribution < -0.4 is 0 Å². The predicted molar refractivity (Wildman–Crippen MR) is 59.5 cm³/mol. The third-order valence-electron chi connectivity index (χ3n) is 4.50. The summed E-state index contributed by atoms with van der Waals surface area (Å²) in [6, 6.07) is 0. The highest BCUT2D eigenvalue weighted by Gasteiger charge is 2.89. The minimum absolute atomic E-state index is 0.415. The van der Waals surface area contributed by atoms with E-state index in [1.54, 1.807) is 0 Å². The van der Waals surface area contributed by atoms with Crippen molar-refractivity contribution in [1.29, 1.82) is 0 Å². The molecule has 4 atom stereocenters. The van der Waals surface area contributed by atoms with Gasteiger partial charge in [0.05, 0.1) is 0 Å². The Labute approximate surface area is 121 Å². The van der Waals surface area contributed by atoms with Gasteiger partial charge < -0.3 is 4.52 Å². The van der Waals surface area contributed by atoms with E-state index in [-0.39, 0.29) is 0 Å². The Morgan fingerprint density at radius 2 is 1.41 bits per heavy atom. The van der Waals surface area contributed by atoms with Gasteiger partial charge in [-0.05, 0) is 24.7 Å². The number of alkyl halides is 9. The molecule has 0 heterocycles. The molecule has 0 aromatic heterocycles. The zero-order chi connectivity index (χ0) is 17.2. The largest absolute Gasteiger partial charge is 0.427 e. The van der Waals surface area contributed by atoms with Crippen LogP contribution in [0.2, 0.25) is 0 Å². The van der Waals surface area contributed by atoms with Crippen LogP contribution in [0.4, 0.5) is 39.5 Å². The molecule has 1 saturated carbocycles. The van der Waals surface area contributed by atoms with E-state index in [0.717, 1.165) is 6.08 Å². The average molecular weight is 360 g/mol. The summed E-state index contributed by atoms with van der Waals surface area (Å²) in [5.41, 5.74) is -9.43. The molecule has 0 aromatic carbocycles. The number of allylic oxidation sites excluding steroid dienone is 2. The van der Waals surface area contributed by atoms with Gasteiger partial charge in [0.15, 0.2) is 0 Å². The first-order valence-electron chi connectivity index (χ1n) is 6.01. The minimum Gasteiger partial charge on any atom is -0.341 e. The molecule has 0 spiro atoms. The van der Waals surface area contributed by atoms with E-state index in [2.05, 4.69) is 4.52 Å². The topological polar surface area (TPSA) is 9.23 Å². The van der Waals surface area contributed by atoms with Crippen LogP contribution in [0.15, 0.2) is 12.2 Å². The Kier molecular flexibility index (Phi) is 3.86. The molecule has 2 aliphatic carbocycles. The van der Waals surface area contributed by atoms with Crippen molar-refractivity contribution in [1.82, 2.24) is 0 Å². The molecule has 1 nitrogen and oxygen atoms in total. The molecule has 0 radical (unpaired) electrons. The summed E-state index contributed by atoms with van der Waals surface area (Å²) in [5, 5.41) is 0. The van der Waals surface area contributed by atoms with E-state index in [1.807, 2.05) is 0 Å². The van der Waals surface area contributed by atoms with Gasteiger partial charge in [0, 0.05) is 9.47 Å². The Hall–Kier alpha value is -0.500. The Morgan fingerprint density at radius 1 is 0.909 bits per heavy atom. The van der Waals surface area contributed by atoms with Crippen LogP contribution in [0.3, 0.4) is 0 Å². The van der Waals surface area contributed by atoms with Crippen LogP contribution in [0.1, 0.15) is 12.8 Å². The lowest BCUT2D eigenvalue weighted by molar-refractivity contribution is -0.433. The monoisotopic (exact) mass is 360 g/mol. The molecule has 2 bridgehead atoms. The van der Waals surface area contributed by atoms with Crippen molar-refractivity contribution in [2.24, 2.45) is 17.3 Å². The molecule has 4 unspecified atom stereocenters. The fourth-order valence-electron chi connectivity index (χ4n) is 3.69. The molecule has 0 saturated heterocycles. The molecule has 0 aliphatic heterocycles. The Balaban J connectivity index is 2.80. The van der Waals surface area contributed by atoms with Gasteiger partial charge in [-0.15, -0.1) is 0 Å². The highest BCUT2D eigenvalue weighted by Crippen LogP contribution is 2.72. The van der Waals surface area contributed by atoms with Crippen LogP contribution in [-0.2, 0) is 4.52 Å². The first kappa shape index (κ1) is 17.8. The van der Waals surface area contributed by atoms with E-state index in [1.165, 1.54) is 6.08 Å². The molecule has 0 aromatic rings. The number of rotatable bonds is 2. The standard InChI is InChI=1S/C11H10F9OP/c12-9(13,14)7(4-5-1-2-6(7)3-5)8(21-22,10(15,16)17)11(18,19)20/h1-2,5-6H,3-4,22H2. The van der Waals surface area contributed by atoms with Crippen molar-refractivity contribution in [3.63, 3.8) is 0 Å². The lowest BCUT2D eigenvalue weighted by atomic mass is 9.62. The first-order valence-corrected chi connectivity index (χ1v) is 6.48. The van der Waals surface area contributed by atoms with E-state index in [0.29, 0.717) is 9.47 Å². The van der Waals surface area contributed by atoms with Crippen LogP contribution in [0.5, 0.6) is 0 Å². The molecule has 2 aliphatic rings. The second-order valence-corrected chi connectivity index (χ2v) is 5.69. The number of hydrogen-bond acceptors (Lipinski definition) is 1. The predicted octanol–water partition coefficient (Wildman–Crippen LogP) is 4.80. The van der Waals surface area contributed by atoms with E-state index in [4.69, 9.17) is 0 Å². The van der Waals surface area contributed by atoms with Gasteiger partial charge in [0.1, 0.15) is 5.41 Å². The van der Waals surface area contributed by atoms with Crippen molar-refractivity contribution >= 4 is 9.47 Å². The van der Waals surface area contributed by atoms with Gasteiger partial charge in [-0.2, -0.15) is 39.5 Å². The quantitative estimate of drug-likeness (QED) is 0.391. The molecule has 128 valence electrons. The zero-order valence-electron chi connectivity index (χ0n) is 10.6. The lowest BCUT2D eigenvalue weighted by Crippen LogP contribution is -2.72. The highest BCUT2D eigenvalue weighted by atomic mass is 31.0. The second kappa shape index (κ2) is 4.75. The van der Waals surface area contributed by atoms with Gasteiger partial charge in [-0.1, -0.05) is 12.2 Å². The summed E-state index contributed by atoms with van der Waals surface area (Å²) in [4.78, 5) is 0. The van der Waals surface area contributed by atoms with E-state index < -0.39 is 54.2 Å². The summed E-state index contributed by atoms with van der Waals surface area (Å²) >= 11 is 0. The lowest BCUT2D eigenvalue weighted by Gasteiger charge is -2.51. The average Bonchev–Trinajstić information content (AvgIpc) is 2.85. The molecule has 1 fully saturated rings. The fourth-order valence-corrected chi connectivity index (χ4v) is 4.17. The van der Waals surface area contributed by atoms with Crippen molar-refractivity contribution in [3.8, 4) is 0 Å².